The summed E-state index contributed by atoms with van der Waals surface area (Å²) in [6.07, 6.45) is 1.39. The summed E-state index contributed by atoms with van der Waals surface area (Å²) in [7, 11) is -2.80. The highest BCUT2D eigenvalue weighted by atomic mass is 32.2. The zero-order valence-corrected chi connectivity index (χ0v) is 16.5. The van der Waals surface area contributed by atoms with E-state index in [4.69, 9.17) is 9.15 Å². The van der Waals surface area contributed by atoms with E-state index in [0.717, 1.165) is 12.1 Å². The van der Waals surface area contributed by atoms with E-state index >= 15 is 0 Å². The average molecular weight is 431 g/mol. The molecule has 1 amide bonds. The average Bonchev–Trinajstić information content (AvgIpc) is 3.28. The molecule has 3 aromatic rings. The van der Waals surface area contributed by atoms with Crippen LogP contribution >= 0.6 is 0 Å². The quantitative estimate of drug-likeness (QED) is 0.413. The van der Waals surface area contributed by atoms with Crippen molar-refractivity contribution >= 4 is 27.3 Å². The van der Waals surface area contributed by atoms with Gasteiger partial charge < -0.3 is 14.5 Å². The fraction of sp³-hybridized carbons (Fsp3) is 0.105. The van der Waals surface area contributed by atoms with E-state index in [2.05, 4.69) is 10.0 Å². The Balaban J connectivity index is 1.69. The van der Waals surface area contributed by atoms with Gasteiger partial charge in [0, 0.05) is 24.4 Å². The number of rotatable bonds is 8. The molecule has 0 bridgehead atoms. The molecule has 30 heavy (non-hydrogen) atoms. The van der Waals surface area contributed by atoms with Crippen LogP contribution in [0.5, 0.6) is 5.75 Å². The standard InChI is InChI=1S/C19H17N3O7S/c1-28-16-9-8-15(22(24)25)11-18(16)30(26,27)20-12-13-4-6-14(7-5-13)21-19(23)17-3-2-10-29-17/h2-11,20H,12H2,1H3,(H,21,23). The molecule has 2 N–H and O–H groups in total. The first-order valence-corrected chi connectivity index (χ1v) is 10.0. The molecular weight excluding hydrogens is 414 g/mol. The predicted octanol–water partition coefficient (Wildman–Crippen LogP) is 2.93. The first-order valence-electron chi connectivity index (χ1n) is 8.56. The highest BCUT2D eigenvalue weighted by molar-refractivity contribution is 7.89. The number of carbonyl (C=O) groups is 1. The van der Waals surface area contributed by atoms with Gasteiger partial charge in [0.05, 0.1) is 18.3 Å². The third kappa shape index (κ3) is 4.82. The summed E-state index contributed by atoms with van der Waals surface area (Å²) in [5.41, 5.74) is 0.746. The van der Waals surface area contributed by atoms with Crippen molar-refractivity contribution in [3.05, 3.63) is 82.3 Å². The molecule has 11 heteroatoms. The Kier molecular flexibility index (Phi) is 6.14. The number of benzene rings is 2. The van der Waals surface area contributed by atoms with Gasteiger partial charge in [-0.15, -0.1) is 0 Å². The number of anilines is 1. The number of non-ortho nitro benzene ring substituents is 1. The monoisotopic (exact) mass is 431 g/mol. The van der Waals surface area contributed by atoms with Crippen molar-refractivity contribution in [1.29, 1.82) is 0 Å². The number of amides is 1. The molecule has 0 aliphatic heterocycles. The molecule has 0 saturated heterocycles. The van der Waals surface area contributed by atoms with Crippen molar-refractivity contribution < 1.29 is 27.3 Å². The molecule has 0 fully saturated rings. The van der Waals surface area contributed by atoms with Gasteiger partial charge in [-0.25, -0.2) is 13.1 Å². The number of nitrogens with one attached hydrogen (secondary N) is 2. The van der Waals surface area contributed by atoms with E-state index in [1.807, 2.05) is 0 Å². The maximum Gasteiger partial charge on any atom is 0.291 e. The van der Waals surface area contributed by atoms with Crippen LogP contribution < -0.4 is 14.8 Å². The van der Waals surface area contributed by atoms with Crippen LogP contribution in [0.25, 0.3) is 0 Å². The van der Waals surface area contributed by atoms with Gasteiger partial charge in [-0.05, 0) is 35.9 Å². The van der Waals surface area contributed by atoms with Crippen LogP contribution in [0.1, 0.15) is 16.1 Å². The third-order valence-electron chi connectivity index (χ3n) is 4.07. The molecule has 0 radical (unpaired) electrons. The van der Waals surface area contributed by atoms with Crippen LogP contribution in [0.15, 0.2) is 70.2 Å². The molecule has 2 aromatic carbocycles. The Morgan fingerprint density at radius 3 is 2.50 bits per heavy atom. The molecular formula is C19H17N3O7S. The number of nitro benzene ring substituents is 1. The van der Waals surface area contributed by atoms with Gasteiger partial charge in [0.1, 0.15) is 10.6 Å². The molecule has 3 rings (SSSR count). The van der Waals surface area contributed by atoms with E-state index < -0.39 is 20.9 Å². The summed E-state index contributed by atoms with van der Waals surface area (Å²) in [6.45, 7) is -0.0689. The second kappa shape index (κ2) is 8.76. The lowest BCUT2D eigenvalue weighted by molar-refractivity contribution is -0.385. The van der Waals surface area contributed by atoms with E-state index in [0.29, 0.717) is 11.3 Å². The Labute approximate surface area is 171 Å². The van der Waals surface area contributed by atoms with Crippen molar-refractivity contribution in [2.75, 3.05) is 12.4 Å². The Bertz CT molecular complexity index is 1160. The van der Waals surface area contributed by atoms with E-state index in [1.54, 1.807) is 30.3 Å². The Morgan fingerprint density at radius 2 is 1.90 bits per heavy atom. The topological polar surface area (TPSA) is 141 Å². The van der Waals surface area contributed by atoms with Gasteiger partial charge in [-0.1, -0.05) is 12.1 Å². The van der Waals surface area contributed by atoms with Gasteiger partial charge in [0.15, 0.2) is 5.76 Å². The highest BCUT2D eigenvalue weighted by Crippen LogP contribution is 2.28. The van der Waals surface area contributed by atoms with Crippen molar-refractivity contribution in [2.24, 2.45) is 0 Å². The van der Waals surface area contributed by atoms with Crippen LogP contribution in [0.3, 0.4) is 0 Å². The van der Waals surface area contributed by atoms with Crippen LogP contribution in [0.2, 0.25) is 0 Å². The molecule has 0 atom stereocenters. The van der Waals surface area contributed by atoms with Gasteiger partial charge in [0.2, 0.25) is 10.0 Å². The maximum absolute atomic E-state index is 12.6. The van der Waals surface area contributed by atoms with Crippen LogP contribution in [0.4, 0.5) is 11.4 Å². The summed E-state index contributed by atoms with van der Waals surface area (Å²) in [4.78, 5) is 21.9. The van der Waals surface area contributed by atoms with Crippen LogP contribution in [-0.2, 0) is 16.6 Å². The van der Waals surface area contributed by atoms with E-state index in [-0.39, 0.29) is 28.6 Å². The second-order valence-corrected chi connectivity index (χ2v) is 7.78. The molecule has 1 heterocycles. The number of furan rings is 1. The number of carbonyl (C=O) groups excluding carboxylic acids is 1. The lowest BCUT2D eigenvalue weighted by atomic mass is 10.2. The molecule has 1 aromatic heterocycles. The second-order valence-electron chi connectivity index (χ2n) is 6.05. The van der Waals surface area contributed by atoms with Crippen LogP contribution in [0, 0.1) is 10.1 Å². The molecule has 10 nitrogen and oxygen atoms in total. The summed E-state index contributed by atoms with van der Waals surface area (Å²) in [5.74, 6) is -0.256. The number of sulfonamides is 1. The van der Waals surface area contributed by atoms with Gasteiger partial charge in [-0.3, -0.25) is 14.9 Å². The normalized spacial score (nSPS) is 11.1. The fourth-order valence-corrected chi connectivity index (χ4v) is 3.76. The van der Waals surface area contributed by atoms with Gasteiger partial charge in [0.25, 0.3) is 11.6 Å². The molecule has 0 saturated carbocycles. The summed E-state index contributed by atoms with van der Waals surface area (Å²) >= 11 is 0. The first-order chi connectivity index (χ1) is 14.3. The Hall–Kier alpha value is -3.70. The van der Waals surface area contributed by atoms with Gasteiger partial charge >= 0.3 is 0 Å². The number of nitrogens with zero attached hydrogens (tertiary/aromatic N) is 1. The summed E-state index contributed by atoms with van der Waals surface area (Å²) < 4.78 is 37.7. The molecule has 0 aliphatic rings. The zero-order valence-electron chi connectivity index (χ0n) is 15.7. The number of hydrogen-bond donors (Lipinski definition) is 2. The third-order valence-corrected chi connectivity index (χ3v) is 5.49. The summed E-state index contributed by atoms with van der Waals surface area (Å²) in [5, 5.41) is 13.6. The SMILES string of the molecule is COc1ccc([N+](=O)[O-])cc1S(=O)(=O)NCc1ccc(NC(=O)c2ccco2)cc1. The molecule has 156 valence electrons. The first kappa shape index (κ1) is 21.0. The molecule has 0 aliphatic carbocycles. The lowest BCUT2D eigenvalue weighted by Crippen LogP contribution is -2.24. The van der Waals surface area contributed by atoms with Crippen molar-refractivity contribution in [3.8, 4) is 5.75 Å². The van der Waals surface area contributed by atoms with Gasteiger partial charge in [-0.2, -0.15) is 0 Å². The highest BCUT2D eigenvalue weighted by Gasteiger charge is 2.23. The van der Waals surface area contributed by atoms with E-state index in [1.165, 1.54) is 25.5 Å². The number of ether oxygens (including phenoxy) is 1. The van der Waals surface area contributed by atoms with Crippen molar-refractivity contribution in [3.63, 3.8) is 0 Å². The summed E-state index contributed by atoms with van der Waals surface area (Å²) in [6, 6.07) is 12.9. The minimum Gasteiger partial charge on any atom is -0.495 e. The smallest absolute Gasteiger partial charge is 0.291 e. The van der Waals surface area contributed by atoms with Crippen molar-refractivity contribution in [1.82, 2.24) is 4.72 Å². The lowest BCUT2D eigenvalue weighted by Gasteiger charge is -2.11. The number of hydrogen-bond acceptors (Lipinski definition) is 7. The molecule has 0 unspecified atom stereocenters. The largest absolute Gasteiger partial charge is 0.495 e. The minimum atomic E-state index is -4.08. The number of nitro groups is 1. The maximum atomic E-state index is 12.6. The van der Waals surface area contributed by atoms with E-state index in [9.17, 15) is 23.3 Å². The Morgan fingerprint density at radius 1 is 1.17 bits per heavy atom. The molecule has 0 spiro atoms. The van der Waals surface area contributed by atoms with Crippen molar-refractivity contribution in [2.45, 2.75) is 11.4 Å². The number of methoxy groups -OCH3 is 1. The van der Waals surface area contributed by atoms with Crippen LogP contribution in [-0.4, -0.2) is 26.4 Å². The zero-order chi connectivity index (χ0) is 21.7. The predicted molar refractivity (Wildman–Crippen MR) is 107 cm³/mol. The minimum absolute atomic E-state index is 0.0101. The fourth-order valence-electron chi connectivity index (χ4n) is 2.55.